The molecule has 0 aliphatic heterocycles. The molecule has 0 heterocycles. The van der Waals surface area contributed by atoms with E-state index in [9.17, 15) is 0 Å². The van der Waals surface area contributed by atoms with E-state index in [0.29, 0.717) is 0 Å². The molecule has 0 saturated carbocycles. The van der Waals surface area contributed by atoms with Gasteiger partial charge in [0.05, 0.1) is 12.2 Å². The smallest absolute Gasteiger partial charge is 0.118 e. The molecule has 15 heavy (non-hydrogen) atoms. The van der Waals surface area contributed by atoms with Crippen LogP contribution in [0.1, 0.15) is 12.5 Å². The molecule has 0 aromatic heterocycles. The zero-order chi connectivity index (χ0) is 11.3. The van der Waals surface area contributed by atoms with Crippen molar-refractivity contribution in [3.63, 3.8) is 0 Å². The Balaban J connectivity index is 2.74. The van der Waals surface area contributed by atoms with Crippen molar-refractivity contribution in [2.24, 2.45) is 4.99 Å². The van der Waals surface area contributed by atoms with Crippen LogP contribution in [-0.2, 0) is 0 Å². The zero-order valence-electron chi connectivity index (χ0n) is 9.28. The van der Waals surface area contributed by atoms with Crippen molar-refractivity contribution in [3.8, 4) is 5.75 Å². The SMILES string of the molecule is C=C(SC(C)=NC)c1ccc(OC)cc1. The number of nitrogens with zero attached hydrogens (tertiary/aromatic N) is 1. The molecule has 0 fully saturated rings. The standard InChI is InChI=1S/C12H15NOS/c1-9(15-10(2)13-3)11-5-7-12(14-4)8-6-11/h5-8H,1H2,2-4H3. The minimum atomic E-state index is 0.859. The lowest BCUT2D eigenvalue weighted by atomic mass is 10.2. The van der Waals surface area contributed by atoms with Gasteiger partial charge >= 0.3 is 0 Å². The van der Waals surface area contributed by atoms with Gasteiger partial charge in [-0.25, -0.2) is 0 Å². The van der Waals surface area contributed by atoms with Gasteiger partial charge < -0.3 is 4.74 Å². The third-order valence-electron chi connectivity index (χ3n) is 2.00. The Morgan fingerprint density at radius 1 is 1.33 bits per heavy atom. The highest BCUT2D eigenvalue weighted by Crippen LogP contribution is 2.27. The zero-order valence-corrected chi connectivity index (χ0v) is 10.1. The highest BCUT2D eigenvalue weighted by Gasteiger charge is 2.01. The Kier molecular flexibility index (Phi) is 4.43. The van der Waals surface area contributed by atoms with Crippen LogP contribution in [0.4, 0.5) is 0 Å². The number of benzene rings is 1. The second kappa shape index (κ2) is 5.61. The normalized spacial score (nSPS) is 11.3. The summed E-state index contributed by atoms with van der Waals surface area (Å²) in [5.41, 5.74) is 1.10. The maximum Gasteiger partial charge on any atom is 0.118 e. The summed E-state index contributed by atoms with van der Waals surface area (Å²) >= 11 is 1.58. The minimum absolute atomic E-state index is 0.859. The van der Waals surface area contributed by atoms with E-state index >= 15 is 0 Å². The predicted octanol–water partition coefficient (Wildman–Crippen LogP) is 3.45. The van der Waals surface area contributed by atoms with Gasteiger partial charge in [0.1, 0.15) is 5.75 Å². The number of thioether (sulfide) groups is 1. The summed E-state index contributed by atoms with van der Waals surface area (Å²) in [6, 6.07) is 7.85. The number of hydrogen-bond donors (Lipinski definition) is 0. The lowest BCUT2D eigenvalue weighted by Crippen LogP contribution is -1.86. The number of aliphatic imine (C=N–C) groups is 1. The van der Waals surface area contributed by atoms with Crippen molar-refractivity contribution in [1.82, 2.24) is 0 Å². The van der Waals surface area contributed by atoms with Crippen LogP contribution in [0.5, 0.6) is 5.75 Å². The number of hydrogen-bond acceptors (Lipinski definition) is 3. The molecule has 0 N–H and O–H groups in total. The van der Waals surface area contributed by atoms with Gasteiger partial charge in [-0.3, -0.25) is 4.99 Å². The first-order chi connectivity index (χ1) is 7.17. The van der Waals surface area contributed by atoms with E-state index in [4.69, 9.17) is 4.74 Å². The molecule has 0 spiro atoms. The molecule has 1 aromatic carbocycles. The minimum Gasteiger partial charge on any atom is -0.497 e. The molecule has 0 radical (unpaired) electrons. The fourth-order valence-corrected chi connectivity index (χ4v) is 1.76. The second-order valence-electron chi connectivity index (χ2n) is 3.00. The quantitative estimate of drug-likeness (QED) is 0.576. The largest absolute Gasteiger partial charge is 0.497 e. The molecule has 0 unspecified atom stereocenters. The van der Waals surface area contributed by atoms with Crippen LogP contribution >= 0.6 is 11.8 Å². The van der Waals surface area contributed by atoms with Crippen molar-refractivity contribution >= 4 is 21.7 Å². The fraction of sp³-hybridized carbons (Fsp3) is 0.250. The first kappa shape index (κ1) is 11.9. The Morgan fingerprint density at radius 3 is 2.40 bits per heavy atom. The topological polar surface area (TPSA) is 21.6 Å². The summed E-state index contributed by atoms with van der Waals surface area (Å²) < 4.78 is 5.09. The van der Waals surface area contributed by atoms with Gasteiger partial charge in [-0.05, 0) is 24.6 Å². The van der Waals surface area contributed by atoms with E-state index in [1.165, 1.54) is 0 Å². The van der Waals surface area contributed by atoms with Crippen molar-refractivity contribution in [3.05, 3.63) is 36.4 Å². The number of methoxy groups -OCH3 is 1. The van der Waals surface area contributed by atoms with Crippen LogP contribution in [-0.4, -0.2) is 19.2 Å². The molecule has 0 amide bonds. The van der Waals surface area contributed by atoms with Crippen molar-refractivity contribution in [2.45, 2.75) is 6.92 Å². The van der Waals surface area contributed by atoms with Gasteiger partial charge in [-0.2, -0.15) is 0 Å². The summed E-state index contributed by atoms with van der Waals surface area (Å²) in [7, 11) is 3.44. The van der Waals surface area contributed by atoms with Crippen molar-refractivity contribution in [2.75, 3.05) is 14.2 Å². The van der Waals surface area contributed by atoms with E-state index in [2.05, 4.69) is 11.6 Å². The van der Waals surface area contributed by atoms with Gasteiger partial charge in [-0.15, -0.1) is 0 Å². The van der Waals surface area contributed by atoms with Crippen LogP contribution in [0, 0.1) is 0 Å². The van der Waals surface area contributed by atoms with E-state index in [1.807, 2.05) is 31.2 Å². The summed E-state index contributed by atoms with van der Waals surface area (Å²) in [6.45, 7) is 5.98. The van der Waals surface area contributed by atoms with Crippen LogP contribution in [0.2, 0.25) is 0 Å². The lowest BCUT2D eigenvalue weighted by molar-refractivity contribution is 0.415. The van der Waals surface area contributed by atoms with Crippen LogP contribution in [0.3, 0.4) is 0 Å². The molecular weight excluding hydrogens is 206 g/mol. The third kappa shape index (κ3) is 3.44. The average molecular weight is 221 g/mol. The Hall–Kier alpha value is -1.22. The number of ether oxygens (including phenoxy) is 1. The van der Waals surface area contributed by atoms with Gasteiger partial charge in [0, 0.05) is 12.0 Å². The van der Waals surface area contributed by atoms with Crippen LogP contribution < -0.4 is 4.74 Å². The molecule has 80 valence electrons. The number of rotatable bonds is 3. The molecule has 0 aliphatic carbocycles. The second-order valence-corrected chi connectivity index (χ2v) is 4.28. The van der Waals surface area contributed by atoms with E-state index < -0.39 is 0 Å². The summed E-state index contributed by atoms with van der Waals surface area (Å²) in [5.74, 6) is 0.859. The Morgan fingerprint density at radius 2 is 1.93 bits per heavy atom. The first-order valence-corrected chi connectivity index (χ1v) is 5.43. The summed E-state index contributed by atoms with van der Waals surface area (Å²) in [4.78, 5) is 5.08. The van der Waals surface area contributed by atoms with E-state index in [0.717, 1.165) is 21.3 Å². The van der Waals surface area contributed by atoms with Gasteiger partial charge in [0.2, 0.25) is 0 Å². The van der Waals surface area contributed by atoms with Gasteiger partial charge in [0.25, 0.3) is 0 Å². The van der Waals surface area contributed by atoms with E-state index in [1.54, 1.807) is 25.9 Å². The Labute approximate surface area is 95.1 Å². The predicted molar refractivity (Wildman–Crippen MR) is 68.7 cm³/mol. The molecule has 1 aromatic rings. The molecular formula is C12H15NOS. The van der Waals surface area contributed by atoms with Gasteiger partial charge in [-0.1, -0.05) is 30.5 Å². The molecule has 3 heteroatoms. The molecule has 1 rings (SSSR count). The highest BCUT2D eigenvalue weighted by atomic mass is 32.2. The maximum absolute atomic E-state index is 5.09. The summed E-state index contributed by atoms with van der Waals surface area (Å²) in [6.07, 6.45) is 0. The van der Waals surface area contributed by atoms with E-state index in [-0.39, 0.29) is 0 Å². The third-order valence-corrected chi connectivity index (χ3v) is 2.96. The Bertz CT molecular complexity index is 368. The van der Waals surface area contributed by atoms with Gasteiger partial charge in [0.15, 0.2) is 0 Å². The lowest BCUT2D eigenvalue weighted by Gasteiger charge is -2.05. The molecule has 0 atom stereocenters. The highest BCUT2D eigenvalue weighted by molar-refractivity contribution is 8.21. The first-order valence-electron chi connectivity index (χ1n) is 4.62. The van der Waals surface area contributed by atoms with Crippen molar-refractivity contribution < 1.29 is 4.74 Å². The maximum atomic E-state index is 5.09. The molecule has 0 saturated heterocycles. The molecule has 2 nitrogen and oxygen atoms in total. The fourth-order valence-electron chi connectivity index (χ4n) is 1.06. The molecule has 0 bridgehead atoms. The van der Waals surface area contributed by atoms with Crippen LogP contribution in [0.25, 0.3) is 4.91 Å². The monoisotopic (exact) mass is 221 g/mol. The molecule has 0 aliphatic rings. The summed E-state index contributed by atoms with van der Waals surface area (Å²) in [5, 5.41) is 1.01. The van der Waals surface area contributed by atoms with Crippen LogP contribution in [0.15, 0.2) is 35.8 Å². The van der Waals surface area contributed by atoms with Crippen molar-refractivity contribution in [1.29, 1.82) is 0 Å². The average Bonchev–Trinajstić information content (AvgIpc) is 2.29.